The van der Waals surface area contributed by atoms with Gasteiger partial charge >= 0.3 is 0 Å². The van der Waals surface area contributed by atoms with E-state index in [1.807, 2.05) is 13.8 Å². The molecule has 1 saturated heterocycles. The van der Waals surface area contributed by atoms with Crippen molar-refractivity contribution in [3.63, 3.8) is 0 Å². The zero-order chi connectivity index (χ0) is 15.7. The van der Waals surface area contributed by atoms with Gasteiger partial charge in [0.25, 0.3) is 5.91 Å². The summed E-state index contributed by atoms with van der Waals surface area (Å²) in [5, 5.41) is 2.74. The molecule has 21 heavy (non-hydrogen) atoms. The number of benzene rings is 1. The molecule has 1 aliphatic rings. The Morgan fingerprint density at radius 2 is 2.05 bits per heavy atom. The predicted octanol–water partition coefficient (Wildman–Crippen LogP) is 2.85. The Labute approximate surface area is 131 Å². The molecular weight excluding hydrogens is 339 g/mol. The summed E-state index contributed by atoms with van der Waals surface area (Å²) < 4.78 is 14.8. The summed E-state index contributed by atoms with van der Waals surface area (Å²) in [4.78, 5) is 26.2. The van der Waals surface area contributed by atoms with Crippen molar-refractivity contribution in [3.05, 3.63) is 28.5 Å². The highest BCUT2D eigenvalue weighted by Gasteiger charge is 2.42. The molecule has 1 fully saturated rings. The summed E-state index contributed by atoms with van der Waals surface area (Å²) in [5.74, 6) is -1.08. The molecule has 4 nitrogen and oxygen atoms in total. The topological polar surface area (TPSA) is 49.4 Å². The fourth-order valence-electron chi connectivity index (χ4n) is 2.51. The molecule has 0 saturated carbocycles. The van der Waals surface area contributed by atoms with Crippen LogP contribution in [-0.4, -0.2) is 23.9 Å². The van der Waals surface area contributed by atoms with E-state index in [0.29, 0.717) is 10.9 Å². The van der Waals surface area contributed by atoms with Gasteiger partial charge in [-0.2, -0.15) is 0 Å². The van der Waals surface area contributed by atoms with Crippen LogP contribution in [0.1, 0.15) is 27.2 Å². The molecule has 2 atom stereocenters. The molecule has 1 N–H and O–H groups in total. The summed E-state index contributed by atoms with van der Waals surface area (Å²) in [5.41, 5.74) is 0.140. The lowest BCUT2D eigenvalue weighted by Gasteiger charge is -2.40. The Balaban J connectivity index is 2.51. The fourth-order valence-corrected chi connectivity index (χ4v) is 2.86. The molecule has 2 amide bonds. The van der Waals surface area contributed by atoms with Crippen LogP contribution in [0.3, 0.4) is 0 Å². The summed E-state index contributed by atoms with van der Waals surface area (Å²) in [6.07, 6.45) is 0.425. The highest BCUT2D eigenvalue weighted by atomic mass is 79.9. The molecule has 114 valence electrons. The molecule has 0 aliphatic carbocycles. The molecule has 2 unspecified atom stereocenters. The second kappa shape index (κ2) is 6.13. The number of halogens is 2. The minimum atomic E-state index is -0.684. The molecule has 1 aliphatic heterocycles. The van der Waals surface area contributed by atoms with Crippen molar-refractivity contribution in [2.45, 2.75) is 39.3 Å². The van der Waals surface area contributed by atoms with E-state index in [1.165, 1.54) is 17.0 Å². The number of anilines is 1. The van der Waals surface area contributed by atoms with Gasteiger partial charge < -0.3 is 5.32 Å². The Morgan fingerprint density at radius 1 is 1.38 bits per heavy atom. The van der Waals surface area contributed by atoms with Gasteiger partial charge in [0.2, 0.25) is 5.91 Å². The van der Waals surface area contributed by atoms with Crippen LogP contribution < -0.4 is 10.2 Å². The minimum Gasteiger partial charge on any atom is -0.342 e. The highest BCUT2D eigenvalue weighted by molar-refractivity contribution is 9.10. The average Bonchev–Trinajstić information content (AvgIpc) is 2.43. The number of rotatable bonds is 3. The first-order chi connectivity index (χ1) is 9.86. The quantitative estimate of drug-likeness (QED) is 0.905. The molecule has 1 heterocycles. The summed E-state index contributed by atoms with van der Waals surface area (Å²) in [7, 11) is 0. The van der Waals surface area contributed by atoms with Gasteiger partial charge in [0, 0.05) is 4.47 Å². The lowest BCUT2D eigenvalue weighted by molar-refractivity contribution is -0.135. The van der Waals surface area contributed by atoms with E-state index >= 15 is 0 Å². The van der Waals surface area contributed by atoms with Crippen molar-refractivity contribution in [3.8, 4) is 0 Å². The maximum absolute atomic E-state index is 14.1. The molecular formula is C15H18BrFN2O2. The van der Waals surface area contributed by atoms with Gasteiger partial charge in [0.15, 0.2) is 0 Å². The number of carbonyl (C=O) groups excluding carboxylic acids is 2. The van der Waals surface area contributed by atoms with Crippen LogP contribution in [0, 0.1) is 11.7 Å². The molecule has 0 spiro atoms. The van der Waals surface area contributed by atoms with Crippen LogP contribution in [0.25, 0.3) is 0 Å². The molecule has 6 heteroatoms. The van der Waals surface area contributed by atoms with Gasteiger partial charge in [-0.15, -0.1) is 0 Å². The number of nitrogens with zero attached hydrogens (tertiary/aromatic N) is 1. The number of carbonyl (C=O) groups is 2. The van der Waals surface area contributed by atoms with E-state index in [-0.39, 0.29) is 23.4 Å². The van der Waals surface area contributed by atoms with Crippen LogP contribution >= 0.6 is 15.9 Å². The number of piperazine rings is 1. The lowest BCUT2D eigenvalue weighted by atomic mass is 9.96. The van der Waals surface area contributed by atoms with Crippen molar-refractivity contribution in [1.82, 2.24) is 5.32 Å². The van der Waals surface area contributed by atoms with Crippen molar-refractivity contribution in [2.75, 3.05) is 4.90 Å². The smallest absolute Gasteiger partial charge is 0.250 e. The van der Waals surface area contributed by atoms with E-state index in [4.69, 9.17) is 0 Å². The number of hydrogen-bond acceptors (Lipinski definition) is 2. The Bertz CT molecular complexity index is 577. The van der Waals surface area contributed by atoms with Gasteiger partial charge in [-0.3, -0.25) is 14.5 Å². The number of hydrogen-bond donors (Lipinski definition) is 1. The standard InChI is InChI=1S/C15H18BrFN2O2/c1-4-11-14(20)18-13(8(2)3)15(21)19(11)12-7-9(16)5-6-10(12)17/h5-8,11,13H,4H2,1-3H3,(H,18,20). The molecule has 1 aromatic rings. The minimum absolute atomic E-state index is 0.0584. The SMILES string of the molecule is CCC1C(=O)NC(C(C)C)C(=O)N1c1cc(Br)ccc1F. The predicted molar refractivity (Wildman–Crippen MR) is 82.4 cm³/mol. The molecule has 2 rings (SSSR count). The molecule has 0 aromatic heterocycles. The van der Waals surface area contributed by atoms with Crippen LogP contribution in [0.5, 0.6) is 0 Å². The van der Waals surface area contributed by atoms with Gasteiger partial charge in [0.1, 0.15) is 17.9 Å². The summed E-state index contributed by atoms with van der Waals surface area (Å²) >= 11 is 3.28. The highest BCUT2D eigenvalue weighted by Crippen LogP contribution is 2.30. The normalized spacial score (nSPS) is 22.7. The first-order valence-electron chi connectivity index (χ1n) is 6.95. The third-order valence-electron chi connectivity index (χ3n) is 3.64. The first kappa shape index (κ1) is 15.9. The van der Waals surface area contributed by atoms with Crippen LogP contribution in [0.2, 0.25) is 0 Å². The first-order valence-corrected chi connectivity index (χ1v) is 7.74. The monoisotopic (exact) mass is 356 g/mol. The molecule has 1 aromatic carbocycles. The molecule has 0 radical (unpaired) electrons. The maximum Gasteiger partial charge on any atom is 0.250 e. The second-order valence-corrected chi connectivity index (χ2v) is 6.37. The summed E-state index contributed by atoms with van der Waals surface area (Å²) in [6.45, 7) is 5.51. The largest absolute Gasteiger partial charge is 0.342 e. The fraction of sp³-hybridized carbons (Fsp3) is 0.467. The summed E-state index contributed by atoms with van der Waals surface area (Å²) in [6, 6.07) is 3.08. The Kier molecular flexibility index (Phi) is 4.66. The van der Waals surface area contributed by atoms with Crippen molar-refractivity contribution < 1.29 is 14.0 Å². The van der Waals surface area contributed by atoms with Crippen molar-refractivity contribution in [1.29, 1.82) is 0 Å². The average molecular weight is 357 g/mol. The third-order valence-corrected chi connectivity index (χ3v) is 4.13. The maximum atomic E-state index is 14.1. The van der Waals surface area contributed by atoms with Crippen LogP contribution in [0.15, 0.2) is 22.7 Å². The van der Waals surface area contributed by atoms with Crippen LogP contribution in [-0.2, 0) is 9.59 Å². The molecule has 0 bridgehead atoms. The van der Waals surface area contributed by atoms with E-state index in [2.05, 4.69) is 21.2 Å². The number of nitrogens with one attached hydrogen (secondary N) is 1. The lowest BCUT2D eigenvalue weighted by Crippen LogP contribution is -2.65. The van der Waals surface area contributed by atoms with Gasteiger partial charge in [0.05, 0.1) is 5.69 Å². The van der Waals surface area contributed by atoms with E-state index in [9.17, 15) is 14.0 Å². The Morgan fingerprint density at radius 3 is 2.62 bits per heavy atom. The zero-order valence-corrected chi connectivity index (χ0v) is 13.8. The van der Waals surface area contributed by atoms with Crippen LogP contribution in [0.4, 0.5) is 10.1 Å². The second-order valence-electron chi connectivity index (χ2n) is 5.46. The van der Waals surface area contributed by atoms with E-state index in [0.717, 1.165) is 0 Å². The van der Waals surface area contributed by atoms with Gasteiger partial charge in [-0.05, 0) is 30.5 Å². The number of amides is 2. The van der Waals surface area contributed by atoms with Gasteiger partial charge in [-0.1, -0.05) is 36.7 Å². The third kappa shape index (κ3) is 2.95. The van der Waals surface area contributed by atoms with Crippen molar-refractivity contribution in [2.24, 2.45) is 5.92 Å². The van der Waals surface area contributed by atoms with E-state index < -0.39 is 17.9 Å². The Hall–Kier alpha value is -1.43. The van der Waals surface area contributed by atoms with Crippen molar-refractivity contribution >= 4 is 33.4 Å². The zero-order valence-electron chi connectivity index (χ0n) is 12.2. The van der Waals surface area contributed by atoms with Gasteiger partial charge in [-0.25, -0.2) is 4.39 Å². The van der Waals surface area contributed by atoms with E-state index in [1.54, 1.807) is 13.0 Å².